The Balaban J connectivity index is 1.82. The maximum Gasteiger partial charge on any atom is 0.269 e. The number of non-ortho nitro benzene ring substituents is 1. The average molecular weight is 418 g/mol. The number of hydrogen-bond donors (Lipinski definition) is 1. The van der Waals surface area contributed by atoms with Crippen LogP contribution in [-0.4, -0.2) is 31.3 Å². The molecule has 1 aliphatic carbocycles. The Morgan fingerprint density at radius 2 is 1.83 bits per heavy atom. The lowest BCUT2D eigenvalue weighted by molar-refractivity contribution is -0.385. The van der Waals surface area contributed by atoms with Gasteiger partial charge < -0.3 is 0 Å². The Kier molecular flexibility index (Phi) is 6.54. The number of nitro benzene ring substituents is 1. The van der Waals surface area contributed by atoms with Crippen molar-refractivity contribution in [1.82, 2.24) is 4.90 Å². The van der Waals surface area contributed by atoms with E-state index in [1.165, 1.54) is 50.3 Å². The Hall–Kier alpha value is -2.45. The van der Waals surface area contributed by atoms with Gasteiger partial charge >= 0.3 is 0 Å². The van der Waals surface area contributed by atoms with E-state index in [0.717, 1.165) is 5.56 Å². The molecule has 2 aromatic carbocycles. The summed E-state index contributed by atoms with van der Waals surface area (Å²) in [6.07, 6.45) is 6.11. The van der Waals surface area contributed by atoms with Gasteiger partial charge in [0.25, 0.3) is 15.7 Å². The van der Waals surface area contributed by atoms with Crippen molar-refractivity contribution in [2.45, 2.75) is 56.5 Å². The van der Waals surface area contributed by atoms with E-state index < -0.39 is 14.9 Å². The fourth-order valence-corrected chi connectivity index (χ4v) is 5.25. The minimum Gasteiger partial charge on any atom is -0.299 e. The molecule has 0 bridgehead atoms. The van der Waals surface area contributed by atoms with Crippen LogP contribution in [0.25, 0.3) is 0 Å². The van der Waals surface area contributed by atoms with E-state index >= 15 is 0 Å². The molecular formula is C21H27N3O4S. The number of benzene rings is 2. The summed E-state index contributed by atoms with van der Waals surface area (Å²) >= 11 is 0. The predicted octanol–water partition coefficient (Wildman–Crippen LogP) is 4.47. The number of para-hydroxylation sites is 1. The normalized spacial score (nSPS) is 15.4. The van der Waals surface area contributed by atoms with Crippen LogP contribution in [0.1, 0.15) is 43.2 Å². The van der Waals surface area contributed by atoms with Gasteiger partial charge in [-0.25, -0.2) is 8.42 Å². The molecule has 0 spiro atoms. The second kappa shape index (κ2) is 8.92. The summed E-state index contributed by atoms with van der Waals surface area (Å²) in [6, 6.07) is 11.7. The Morgan fingerprint density at radius 3 is 2.48 bits per heavy atom. The number of sulfonamides is 1. The standard InChI is InChI=1S/C21H27N3O4S/c1-16-14-19(24(25)26)12-13-21(16)29(27,28)22-20-11-7-6-8-17(20)15-23(2)18-9-4-3-5-10-18/h6-8,11-14,18,22H,3-5,9-10,15H2,1-2H3. The fraction of sp³-hybridized carbons (Fsp3) is 0.429. The van der Waals surface area contributed by atoms with Crippen LogP contribution < -0.4 is 4.72 Å². The number of anilines is 1. The zero-order valence-corrected chi connectivity index (χ0v) is 17.6. The van der Waals surface area contributed by atoms with Gasteiger partial charge in [-0.2, -0.15) is 0 Å². The topological polar surface area (TPSA) is 92.5 Å². The lowest BCUT2D eigenvalue weighted by atomic mass is 9.94. The molecule has 0 aromatic heterocycles. The van der Waals surface area contributed by atoms with Crippen molar-refractivity contribution in [3.8, 4) is 0 Å². The minimum absolute atomic E-state index is 0.0403. The van der Waals surface area contributed by atoms with Gasteiger partial charge in [0.15, 0.2) is 0 Å². The van der Waals surface area contributed by atoms with Crippen molar-refractivity contribution in [2.24, 2.45) is 0 Å². The SMILES string of the molecule is Cc1cc([N+](=O)[O-])ccc1S(=O)(=O)Nc1ccccc1CN(C)C1CCCCC1. The van der Waals surface area contributed by atoms with Crippen LogP contribution in [0.2, 0.25) is 0 Å². The molecule has 0 heterocycles. The van der Waals surface area contributed by atoms with Gasteiger partial charge in [0.05, 0.1) is 15.5 Å². The van der Waals surface area contributed by atoms with Crippen LogP contribution in [0.3, 0.4) is 0 Å². The number of hydrogen-bond acceptors (Lipinski definition) is 5. The van der Waals surface area contributed by atoms with E-state index in [2.05, 4.69) is 16.7 Å². The molecule has 1 fully saturated rings. The van der Waals surface area contributed by atoms with Gasteiger partial charge in [0, 0.05) is 24.7 Å². The molecule has 156 valence electrons. The summed E-state index contributed by atoms with van der Waals surface area (Å²) < 4.78 is 28.6. The highest BCUT2D eigenvalue weighted by atomic mass is 32.2. The molecular weight excluding hydrogens is 390 g/mol. The number of nitrogens with one attached hydrogen (secondary N) is 1. The largest absolute Gasteiger partial charge is 0.299 e. The molecule has 7 nitrogen and oxygen atoms in total. The highest BCUT2D eigenvalue weighted by Gasteiger charge is 2.22. The van der Waals surface area contributed by atoms with Crippen LogP contribution in [0.5, 0.6) is 0 Å². The quantitative estimate of drug-likeness (QED) is 0.530. The maximum atomic E-state index is 12.9. The second-order valence-electron chi connectivity index (χ2n) is 7.68. The molecule has 0 unspecified atom stereocenters. The van der Waals surface area contributed by atoms with Crippen LogP contribution in [0.15, 0.2) is 47.4 Å². The molecule has 0 amide bonds. The van der Waals surface area contributed by atoms with E-state index in [1.807, 2.05) is 12.1 Å². The van der Waals surface area contributed by atoms with Crippen LogP contribution in [0.4, 0.5) is 11.4 Å². The predicted molar refractivity (Wildman–Crippen MR) is 113 cm³/mol. The molecule has 29 heavy (non-hydrogen) atoms. The first-order valence-corrected chi connectivity index (χ1v) is 11.3. The van der Waals surface area contributed by atoms with Gasteiger partial charge in [-0.1, -0.05) is 37.5 Å². The molecule has 1 N–H and O–H groups in total. The highest BCUT2D eigenvalue weighted by Crippen LogP contribution is 2.27. The molecule has 1 saturated carbocycles. The summed E-state index contributed by atoms with van der Waals surface area (Å²) in [5.74, 6) is 0. The number of nitrogens with zero attached hydrogens (tertiary/aromatic N) is 2. The Morgan fingerprint density at radius 1 is 1.14 bits per heavy atom. The van der Waals surface area contributed by atoms with Crippen LogP contribution >= 0.6 is 0 Å². The zero-order valence-electron chi connectivity index (χ0n) is 16.8. The van der Waals surface area contributed by atoms with Gasteiger partial charge in [0.1, 0.15) is 0 Å². The third kappa shape index (κ3) is 5.13. The van der Waals surface area contributed by atoms with Crippen molar-refractivity contribution in [3.05, 3.63) is 63.7 Å². The lowest BCUT2D eigenvalue weighted by Gasteiger charge is -2.31. The number of nitro groups is 1. The summed E-state index contributed by atoms with van der Waals surface area (Å²) in [4.78, 5) is 12.7. The van der Waals surface area contributed by atoms with Crippen LogP contribution in [0, 0.1) is 17.0 Å². The van der Waals surface area contributed by atoms with Gasteiger partial charge in [-0.15, -0.1) is 0 Å². The molecule has 3 rings (SSSR count). The minimum atomic E-state index is -3.86. The summed E-state index contributed by atoms with van der Waals surface area (Å²) in [5.41, 5.74) is 1.65. The van der Waals surface area contributed by atoms with Crippen LogP contribution in [-0.2, 0) is 16.6 Å². The van der Waals surface area contributed by atoms with E-state index in [9.17, 15) is 18.5 Å². The third-order valence-corrected chi connectivity index (χ3v) is 7.06. The monoisotopic (exact) mass is 417 g/mol. The lowest BCUT2D eigenvalue weighted by Crippen LogP contribution is -2.33. The molecule has 0 atom stereocenters. The smallest absolute Gasteiger partial charge is 0.269 e. The van der Waals surface area contributed by atoms with Crippen molar-refractivity contribution < 1.29 is 13.3 Å². The second-order valence-corrected chi connectivity index (χ2v) is 9.33. The summed E-state index contributed by atoms with van der Waals surface area (Å²) in [6.45, 7) is 2.22. The van der Waals surface area contributed by atoms with E-state index in [-0.39, 0.29) is 10.6 Å². The first-order valence-electron chi connectivity index (χ1n) is 9.84. The molecule has 1 aliphatic rings. The average Bonchev–Trinajstić information content (AvgIpc) is 2.69. The Bertz CT molecular complexity index is 985. The molecule has 8 heteroatoms. The number of aryl methyl sites for hydroxylation is 1. The fourth-order valence-electron chi connectivity index (χ4n) is 3.93. The van der Waals surface area contributed by atoms with E-state index in [0.29, 0.717) is 23.8 Å². The third-order valence-electron chi connectivity index (χ3n) is 5.54. The summed E-state index contributed by atoms with van der Waals surface area (Å²) in [5, 5.41) is 10.9. The van der Waals surface area contributed by atoms with E-state index in [4.69, 9.17) is 0 Å². The van der Waals surface area contributed by atoms with Gasteiger partial charge in [-0.3, -0.25) is 19.7 Å². The molecule has 0 saturated heterocycles. The number of rotatable bonds is 7. The van der Waals surface area contributed by atoms with Gasteiger partial charge in [-0.05, 0) is 50.1 Å². The molecule has 2 aromatic rings. The summed E-state index contributed by atoms with van der Waals surface area (Å²) in [7, 11) is -1.78. The zero-order chi connectivity index (χ0) is 21.0. The van der Waals surface area contributed by atoms with Crippen molar-refractivity contribution in [2.75, 3.05) is 11.8 Å². The first-order chi connectivity index (χ1) is 13.8. The van der Waals surface area contributed by atoms with Crippen molar-refractivity contribution >= 4 is 21.4 Å². The van der Waals surface area contributed by atoms with Crippen molar-refractivity contribution in [1.29, 1.82) is 0 Å². The Labute approximate surface area is 171 Å². The van der Waals surface area contributed by atoms with Crippen molar-refractivity contribution in [3.63, 3.8) is 0 Å². The van der Waals surface area contributed by atoms with Gasteiger partial charge in [0.2, 0.25) is 0 Å². The maximum absolute atomic E-state index is 12.9. The highest BCUT2D eigenvalue weighted by molar-refractivity contribution is 7.92. The molecule has 0 aliphatic heterocycles. The van der Waals surface area contributed by atoms with E-state index in [1.54, 1.807) is 19.1 Å². The first kappa shape index (κ1) is 21.3. The molecule has 0 radical (unpaired) electrons.